The smallest absolute Gasteiger partial charge is 0.221 e. The van der Waals surface area contributed by atoms with Crippen LogP contribution in [0.4, 0.5) is 0 Å². The predicted molar refractivity (Wildman–Crippen MR) is 75.0 cm³/mol. The van der Waals surface area contributed by atoms with Crippen LogP contribution in [0, 0.1) is 0 Å². The Bertz CT molecular complexity index is 255. The maximum atomic E-state index is 11.5. The number of nitrogens with two attached hydrogens (primary N) is 1. The first-order chi connectivity index (χ1) is 8.63. The van der Waals surface area contributed by atoms with E-state index in [0.717, 1.165) is 25.8 Å². The standard InChI is InChI=1S/C12H27N5O/c1-4-6-8-14-12(17-13)15-9-7-11(18)16-10(3)5-2/h10H,4-9,13H2,1-3H3,(H,16,18)(H2,14,15,17). The van der Waals surface area contributed by atoms with Gasteiger partial charge in [0.1, 0.15) is 0 Å². The fourth-order valence-electron chi connectivity index (χ4n) is 1.25. The second-order valence-electron chi connectivity index (χ2n) is 4.28. The zero-order valence-corrected chi connectivity index (χ0v) is 11.8. The summed E-state index contributed by atoms with van der Waals surface area (Å²) in [7, 11) is 0. The third-order valence-corrected chi connectivity index (χ3v) is 2.58. The van der Waals surface area contributed by atoms with Crippen LogP contribution in [0.1, 0.15) is 46.5 Å². The molecular formula is C12H27N5O. The van der Waals surface area contributed by atoms with Crippen molar-refractivity contribution in [3.05, 3.63) is 0 Å². The molecule has 106 valence electrons. The summed E-state index contributed by atoms with van der Waals surface area (Å²) in [6.07, 6.45) is 3.48. The predicted octanol–water partition coefficient (Wildman–Crippen LogP) is 0.500. The van der Waals surface area contributed by atoms with Gasteiger partial charge in [0.15, 0.2) is 0 Å². The van der Waals surface area contributed by atoms with Gasteiger partial charge in [-0.2, -0.15) is 0 Å². The Morgan fingerprint density at radius 2 is 2.11 bits per heavy atom. The fourth-order valence-corrected chi connectivity index (χ4v) is 1.25. The molecule has 0 saturated heterocycles. The normalized spacial score (nSPS) is 13.0. The minimum absolute atomic E-state index is 0.0433. The quantitative estimate of drug-likeness (QED) is 0.167. The molecule has 0 heterocycles. The van der Waals surface area contributed by atoms with E-state index in [0.29, 0.717) is 18.9 Å². The number of carbonyl (C=O) groups is 1. The van der Waals surface area contributed by atoms with Gasteiger partial charge in [-0.25, -0.2) is 5.84 Å². The number of carbonyl (C=O) groups excluding carboxylic acids is 1. The summed E-state index contributed by atoms with van der Waals surface area (Å²) in [6, 6.07) is 0.225. The summed E-state index contributed by atoms with van der Waals surface area (Å²) in [4.78, 5) is 15.7. The van der Waals surface area contributed by atoms with Crippen molar-refractivity contribution in [1.82, 2.24) is 16.1 Å². The van der Waals surface area contributed by atoms with Gasteiger partial charge in [0.2, 0.25) is 11.9 Å². The van der Waals surface area contributed by atoms with E-state index in [9.17, 15) is 4.79 Å². The lowest BCUT2D eigenvalue weighted by Crippen LogP contribution is -2.43. The third-order valence-electron chi connectivity index (χ3n) is 2.58. The molecule has 1 atom stereocenters. The second-order valence-corrected chi connectivity index (χ2v) is 4.28. The molecule has 0 aliphatic rings. The van der Waals surface area contributed by atoms with Gasteiger partial charge in [0.05, 0.1) is 0 Å². The Labute approximate surface area is 110 Å². The van der Waals surface area contributed by atoms with Crippen molar-refractivity contribution in [3.63, 3.8) is 0 Å². The Balaban J connectivity index is 3.79. The molecule has 0 saturated carbocycles. The van der Waals surface area contributed by atoms with Gasteiger partial charge >= 0.3 is 0 Å². The zero-order valence-electron chi connectivity index (χ0n) is 11.8. The number of rotatable bonds is 8. The number of amides is 1. The van der Waals surface area contributed by atoms with Crippen LogP contribution in [0.2, 0.25) is 0 Å². The van der Waals surface area contributed by atoms with Crippen LogP contribution in [0.3, 0.4) is 0 Å². The minimum Gasteiger partial charge on any atom is -0.355 e. The fraction of sp³-hybridized carbons (Fsp3) is 0.833. The average Bonchev–Trinajstić information content (AvgIpc) is 2.36. The average molecular weight is 257 g/mol. The summed E-state index contributed by atoms with van der Waals surface area (Å²) >= 11 is 0. The molecule has 18 heavy (non-hydrogen) atoms. The summed E-state index contributed by atoms with van der Waals surface area (Å²) in [5.74, 6) is 5.92. The largest absolute Gasteiger partial charge is 0.355 e. The second kappa shape index (κ2) is 10.8. The lowest BCUT2D eigenvalue weighted by Gasteiger charge is -2.12. The minimum atomic E-state index is 0.0433. The number of unbranched alkanes of at least 4 members (excludes halogenated alkanes) is 1. The van der Waals surface area contributed by atoms with E-state index in [2.05, 4.69) is 28.0 Å². The van der Waals surface area contributed by atoms with Crippen molar-refractivity contribution >= 4 is 11.9 Å². The van der Waals surface area contributed by atoms with E-state index in [4.69, 9.17) is 5.84 Å². The number of hydrogen-bond acceptors (Lipinski definition) is 3. The maximum Gasteiger partial charge on any atom is 0.221 e. The van der Waals surface area contributed by atoms with E-state index < -0.39 is 0 Å². The summed E-state index contributed by atoms with van der Waals surface area (Å²) < 4.78 is 0. The van der Waals surface area contributed by atoms with Crippen LogP contribution in [0.5, 0.6) is 0 Å². The summed E-state index contributed by atoms with van der Waals surface area (Å²) in [6.45, 7) is 7.40. The topological polar surface area (TPSA) is 91.5 Å². The number of aliphatic imine (C=N–C) groups is 1. The van der Waals surface area contributed by atoms with Crippen molar-refractivity contribution in [2.45, 2.75) is 52.5 Å². The van der Waals surface area contributed by atoms with E-state index in [1.807, 2.05) is 13.8 Å². The number of guanidine groups is 1. The van der Waals surface area contributed by atoms with Gasteiger partial charge in [-0.15, -0.1) is 0 Å². The van der Waals surface area contributed by atoms with Crippen LogP contribution in [-0.4, -0.2) is 31.0 Å². The Morgan fingerprint density at radius 1 is 1.39 bits per heavy atom. The maximum absolute atomic E-state index is 11.5. The van der Waals surface area contributed by atoms with Crippen molar-refractivity contribution in [3.8, 4) is 0 Å². The molecule has 5 N–H and O–H groups in total. The molecule has 1 unspecified atom stereocenters. The first-order valence-electron chi connectivity index (χ1n) is 6.68. The molecule has 0 aromatic rings. The molecule has 0 bridgehead atoms. The van der Waals surface area contributed by atoms with Crippen molar-refractivity contribution in [2.75, 3.05) is 13.1 Å². The van der Waals surface area contributed by atoms with Crippen molar-refractivity contribution in [2.24, 2.45) is 10.8 Å². The van der Waals surface area contributed by atoms with E-state index in [1.165, 1.54) is 0 Å². The van der Waals surface area contributed by atoms with Gasteiger partial charge in [-0.1, -0.05) is 20.3 Å². The van der Waals surface area contributed by atoms with Gasteiger partial charge in [-0.3, -0.25) is 15.2 Å². The van der Waals surface area contributed by atoms with E-state index >= 15 is 0 Å². The van der Waals surface area contributed by atoms with Crippen LogP contribution >= 0.6 is 0 Å². The highest BCUT2D eigenvalue weighted by Crippen LogP contribution is 1.89. The van der Waals surface area contributed by atoms with Gasteiger partial charge in [0, 0.05) is 25.6 Å². The Kier molecular flexibility index (Phi) is 10.0. The number of hydrogen-bond donors (Lipinski definition) is 4. The zero-order chi connectivity index (χ0) is 13.8. The molecule has 0 radical (unpaired) electrons. The highest BCUT2D eigenvalue weighted by Gasteiger charge is 2.05. The molecule has 0 fully saturated rings. The number of nitrogens with zero attached hydrogens (tertiary/aromatic N) is 1. The number of nitrogens with one attached hydrogen (secondary N) is 3. The van der Waals surface area contributed by atoms with Crippen LogP contribution in [0.15, 0.2) is 4.99 Å². The van der Waals surface area contributed by atoms with Gasteiger partial charge < -0.3 is 10.6 Å². The summed E-state index contributed by atoms with van der Waals surface area (Å²) in [5.41, 5.74) is 2.49. The van der Waals surface area contributed by atoms with E-state index in [1.54, 1.807) is 0 Å². The van der Waals surface area contributed by atoms with Crippen LogP contribution in [0.25, 0.3) is 0 Å². The Morgan fingerprint density at radius 3 is 2.67 bits per heavy atom. The number of hydrazine groups is 1. The molecule has 6 heteroatoms. The molecule has 1 amide bonds. The lowest BCUT2D eigenvalue weighted by atomic mass is 10.2. The molecule has 0 rings (SSSR count). The Hall–Kier alpha value is -1.30. The van der Waals surface area contributed by atoms with Gasteiger partial charge in [-0.05, 0) is 19.8 Å². The highest BCUT2D eigenvalue weighted by atomic mass is 16.1. The first kappa shape index (κ1) is 16.7. The van der Waals surface area contributed by atoms with Gasteiger partial charge in [0.25, 0.3) is 0 Å². The third kappa shape index (κ3) is 8.81. The van der Waals surface area contributed by atoms with Crippen molar-refractivity contribution in [1.29, 1.82) is 0 Å². The monoisotopic (exact) mass is 257 g/mol. The molecule has 0 aliphatic heterocycles. The first-order valence-corrected chi connectivity index (χ1v) is 6.68. The lowest BCUT2D eigenvalue weighted by molar-refractivity contribution is -0.121. The molecule has 0 spiro atoms. The van der Waals surface area contributed by atoms with E-state index in [-0.39, 0.29) is 11.9 Å². The van der Waals surface area contributed by atoms with Crippen molar-refractivity contribution < 1.29 is 4.79 Å². The summed E-state index contributed by atoms with van der Waals surface area (Å²) in [5, 5.41) is 5.91. The molecular weight excluding hydrogens is 230 g/mol. The highest BCUT2D eigenvalue weighted by molar-refractivity contribution is 5.80. The molecule has 0 aliphatic carbocycles. The van der Waals surface area contributed by atoms with Crippen LogP contribution in [-0.2, 0) is 4.79 Å². The molecule has 0 aromatic carbocycles. The molecule has 6 nitrogen and oxygen atoms in total. The molecule has 0 aromatic heterocycles. The van der Waals surface area contributed by atoms with Crippen LogP contribution < -0.4 is 21.9 Å². The SMILES string of the molecule is CCCCN=C(NN)NCCC(=O)NC(C)CC.